The van der Waals surface area contributed by atoms with Crippen LogP contribution in [0.2, 0.25) is 5.15 Å². The average Bonchev–Trinajstić information content (AvgIpc) is 2.30. The maximum atomic E-state index is 11.8. The van der Waals surface area contributed by atoms with Crippen molar-refractivity contribution >= 4 is 23.9 Å². The lowest BCUT2D eigenvalue weighted by Gasteiger charge is -2.15. The summed E-state index contributed by atoms with van der Waals surface area (Å²) in [5, 5.41) is 0.0899. The fraction of sp³-hybridized carbons (Fsp3) is 0.300. The van der Waals surface area contributed by atoms with Gasteiger partial charge in [-0.15, -0.1) is 0 Å². The van der Waals surface area contributed by atoms with E-state index >= 15 is 0 Å². The number of amides is 2. The molecule has 1 aromatic rings. The van der Waals surface area contributed by atoms with Gasteiger partial charge in [-0.2, -0.15) is 0 Å². The fourth-order valence-electron chi connectivity index (χ4n) is 1.16. The Bertz CT molecular complexity index is 384. The summed E-state index contributed by atoms with van der Waals surface area (Å²) in [6.45, 7) is 0.697. The van der Waals surface area contributed by atoms with E-state index in [0.717, 1.165) is 4.90 Å². The van der Waals surface area contributed by atoms with E-state index in [4.69, 9.17) is 17.3 Å². The summed E-state index contributed by atoms with van der Waals surface area (Å²) in [6, 6.07) is 3.11. The van der Waals surface area contributed by atoms with Crippen LogP contribution in [-0.2, 0) is 4.79 Å². The first kappa shape index (κ1) is 12.6. The summed E-state index contributed by atoms with van der Waals surface area (Å²) in [6.07, 6.45) is 2.51. The zero-order chi connectivity index (χ0) is 12.0. The third kappa shape index (κ3) is 3.01. The molecular weight excluding hydrogens is 230 g/mol. The third-order valence-corrected chi connectivity index (χ3v) is 2.28. The van der Waals surface area contributed by atoms with Crippen molar-refractivity contribution in [2.45, 2.75) is 6.42 Å². The molecule has 2 amide bonds. The number of rotatable bonds is 5. The van der Waals surface area contributed by atoms with Crippen LogP contribution in [0.1, 0.15) is 16.8 Å². The van der Waals surface area contributed by atoms with Crippen molar-refractivity contribution in [3.63, 3.8) is 0 Å². The molecule has 0 fully saturated rings. The Hall–Kier alpha value is -1.46. The molecule has 86 valence electrons. The van der Waals surface area contributed by atoms with E-state index in [2.05, 4.69) is 4.98 Å². The number of imide groups is 1. The van der Waals surface area contributed by atoms with Crippen LogP contribution in [0.3, 0.4) is 0 Å². The van der Waals surface area contributed by atoms with Gasteiger partial charge >= 0.3 is 0 Å². The highest BCUT2D eigenvalue weighted by Gasteiger charge is 2.17. The molecule has 0 aromatic carbocycles. The van der Waals surface area contributed by atoms with Gasteiger partial charge in [-0.1, -0.05) is 11.6 Å². The Kier molecular flexibility index (Phi) is 4.88. The first-order chi connectivity index (χ1) is 7.70. The predicted molar refractivity (Wildman–Crippen MR) is 60.0 cm³/mol. The van der Waals surface area contributed by atoms with Crippen molar-refractivity contribution in [3.8, 4) is 0 Å². The highest BCUT2D eigenvalue weighted by atomic mass is 35.5. The number of hydrogen-bond donors (Lipinski definition) is 1. The smallest absolute Gasteiger partial charge is 0.263 e. The maximum absolute atomic E-state index is 11.8. The summed E-state index contributed by atoms with van der Waals surface area (Å²) in [7, 11) is 0. The van der Waals surface area contributed by atoms with Crippen LogP contribution in [0, 0.1) is 0 Å². The SMILES string of the molecule is NCCCN(C=O)C(=O)c1cccnc1Cl. The second kappa shape index (κ2) is 6.19. The normalized spacial score (nSPS) is 9.88. The lowest BCUT2D eigenvalue weighted by atomic mass is 10.2. The molecule has 0 atom stereocenters. The Morgan fingerprint density at radius 2 is 2.38 bits per heavy atom. The quantitative estimate of drug-likeness (QED) is 0.608. The van der Waals surface area contributed by atoms with Gasteiger partial charge in [-0.05, 0) is 25.1 Å². The Morgan fingerprint density at radius 1 is 1.62 bits per heavy atom. The molecule has 6 heteroatoms. The van der Waals surface area contributed by atoms with Gasteiger partial charge in [0, 0.05) is 12.7 Å². The summed E-state index contributed by atoms with van der Waals surface area (Å²) in [4.78, 5) is 27.4. The molecule has 16 heavy (non-hydrogen) atoms. The molecule has 0 aliphatic carbocycles. The molecule has 0 unspecified atom stereocenters. The first-order valence-corrected chi connectivity index (χ1v) is 5.15. The van der Waals surface area contributed by atoms with E-state index < -0.39 is 5.91 Å². The molecule has 0 aliphatic heterocycles. The molecule has 1 rings (SSSR count). The van der Waals surface area contributed by atoms with Gasteiger partial charge in [-0.25, -0.2) is 4.98 Å². The number of aromatic nitrogens is 1. The van der Waals surface area contributed by atoms with E-state index in [0.29, 0.717) is 19.4 Å². The van der Waals surface area contributed by atoms with E-state index in [1.54, 1.807) is 6.07 Å². The zero-order valence-electron chi connectivity index (χ0n) is 8.60. The molecule has 5 nitrogen and oxygen atoms in total. The third-order valence-electron chi connectivity index (χ3n) is 1.98. The standard InChI is InChI=1S/C10H12ClN3O2/c11-9-8(3-1-5-13-9)10(16)14(7-15)6-2-4-12/h1,3,5,7H,2,4,6,12H2. The van der Waals surface area contributed by atoms with E-state index in [1.165, 1.54) is 12.3 Å². The van der Waals surface area contributed by atoms with Gasteiger partial charge in [0.1, 0.15) is 5.15 Å². The zero-order valence-corrected chi connectivity index (χ0v) is 9.35. The van der Waals surface area contributed by atoms with Crippen molar-refractivity contribution < 1.29 is 9.59 Å². The van der Waals surface area contributed by atoms with E-state index in [1.807, 2.05) is 0 Å². The van der Waals surface area contributed by atoms with Crippen molar-refractivity contribution in [2.75, 3.05) is 13.1 Å². The summed E-state index contributed by atoms with van der Waals surface area (Å²) in [5.41, 5.74) is 5.52. The highest BCUT2D eigenvalue weighted by Crippen LogP contribution is 2.13. The Labute approximate surface area is 98.2 Å². The van der Waals surface area contributed by atoms with Gasteiger partial charge < -0.3 is 5.73 Å². The molecule has 0 saturated heterocycles. The largest absolute Gasteiger partial charge is 0.330 e. The van der Waals surface area contributed by atoms with Gasteiger partial charge in [0.2, 0.25) is 6.41 Å². The van der Waals surface area contributed by atoms with E-state index in [-0.39, 0.29) is 17.3 Å². The monoisotopic (exact) mass is 241 g/mol. The first-order valence-electron chi connectivity index (χ1n) is 4.77. The summed E-state index contributed by atoms with van der Waals surface area (Å²) < 4.78 is 0. The van der Waals surface area contributed by atoms with Gasteiger partial charge in [0.25, 0.3) is 5.91 Å². The predicted octanol–water partition coefficient (Wildman–Crippen LogP) is 0.682. The Morgan fingerprint density at radius 3 is 2.94 bits per heavy atom. The van der Waals surface area contributed by atoms with Crippen molar-refractivity contribution in [3.05, 3.63) is 29.0 Å². The van der Waals surface area contributed by atoms with Gasteiger partial charge in [0.15, 0.2) is 0 Å². The molecule has 1 heterocycles. The molecule has 0 bridgehead atoms. The number of carbonyl (C=O) groups is 2. The molecule has 1 aromatic heterocycles. The Balaban J connectivity index is 2.83. The van der Waals surface area contributed by atoms with Crippen LogP contribution in [-0.4, -0.2) is 35.3 Å². The number of halogens is 1. The van der Waals surface area contributed by atoms with Crippen LogP contribution in [0.15, 0.2) is 18.3 Å². The van der Waals surface area contributed by atoms with Crippen LogP contribution >= 0.6 is 11.6 Å². The van der Waals surface area contributed by atoms with E-state index in [9.17, 15) is 9.59 Å². The second-order valence-electron chi connectivity index (χ2n) is 3.09. The lowest BCUT2D eigenvalue weighted by Crippen LogP contribution is -2.32. The fourth-order valence-corrected chi connectivity index (χ4v) is 1.36. The molecule has 0 saturated carbocycles. The minimum atomic E-state index is -0.457. The molecular formula is C10H12ClN3O2. The molecule has 2 N–H and O–H groups in total. The second-order valence-corrected chi connectivity index (χ2v) is 3.45. The van der Waals surface area contributed by atoms with Crippen LogP contribution in [0.4, 0.5) is 0 Å². The highest BCUT2D eigenvalue weighted by molar-refractivity contribution is 6.32. The minimum Gasteiger partial charge on any atom is -0.330 e. The summed E-state index contributed by atoms with van der Waals surface area (Å²) in [5.74, 6) is -0.457. The molecule has 0 spiro atoms. The number of pyridine rings is 1. The van der Waals surface area contributed by atoms with Crippen LogP contribution in [0.5, 0.6) is 0 Å². The molecule has 0 aliphatic rings. The van der Waals surface area contributed by atoms with Crippen molar-refractivity contribution in [1.29, 1.82) is 0 Å². The lowest BCUT2D eigenvalue weighted by molar-refractivity contribution is -0.116. The van der Waals surface area contributed by atoms with Gasteiger partial charge in [-0.3, -0.25) is 14.5 Å². The topological polar surface area (TPSA) is 76.3 Å². The van der Waals surface area contributed by atoms with Crippen molar-refractivity contribution in [1.82, 2.24) is 9.88 Å². The number of carbonyl (C=O) groups excluding carboxylic acids is 2. The summed E-state index contributed by atoms with van der Waals surface area (Å²) >= 11 is 5.75. The average molecular weight is 242 g/mol. The van der Waals surface area contributed by atoms with Crippen LogP contribution < -0.4 is 5.73 Å². The molecule has 0 radical (unpaired) electrons. The van der Waals surface area contributed by atoms with Crippen LogP contribution in [0.25, 0.3) is 0 Å². The minimum absolute atomic E-state index is 0.0899. The number of hydrogen-bond acceptors (Lipinski definition) is 4. The maximum Gasteiger partial charge on any atom is 0.263 e. The van der Waals surface area contributed by atoms with Gasteiger partial charge in [0.05, 0.1) is 5.56 Å². The van der Waals surface area contributed by atoms with Crippen molar-refractivity contribution in [2.24, 2.45) is 5.73 Å². The number of nitrogens with zero attached hydrogens (tertiary/aromatic N) is 2. The number of nitrogens with two attached hydrogens (primary N) is 1.